The van der Waals surface area contributed by atoms with Gasteiger partial charge in [-0.05, 0) is 42.0 Å². The van der Waals surface area contributed by atoms with E-state index in [1.165, 1.54) is 26.4 Å². The Hall–Kier alpha value is -4.30. The second-order valence-electron chi connectivity index (χ2n) is 8.35. The van der Waals surface area contributed by atoms with Gasteiger partial charge in [0.1, 0.15) is 28.7 Å². The van der Waals surface area contributed by atoms with Crippen LogP contribution >= 0.6 is 11.6 Å². The fourth-order valence-corrected chi connectivity index (χ4v) is 4.54. The number of ether oxygens (including phenoxy) is 2. The summed E-state index contributed by atoms with van der Waals surface area (Å²) in [5.74, 6) is -0.378. The molecule has 0 radical (unpaired) electrons. The van der Waals surface area contributed by atoms with Crippen LogP contribution in [0.1, 0.15) is 38.4 Å². The molecule has 1 aliphatic rings. The van der Waals surface area contributed by atoms with Gasteiger partial charge >= 0.3 is 5.97 Å². The first kappa shape index (κ1) is 24.4. The van der Waals surface area contributed by atoms with Crippen LogP contribution in [0.3, 0.4) is 0 Å². The van der Waals surface area contributed by atoms with Gasteiger partial charge in [-0.3, -0.25) is 4.99 Å². The van der Waals surface area contributed by atoms with Crippen molar-refractivity contribution in [1.82, 2.24) is 9.97 Å². The van der Waals surface area contributed by atoms with Crippen LogP contribution in [0.25, 0.3) is 11.3 Å². The molecule has 3 aromatic carbocycles. The maximum absolute atomic E-state index is 15.1. The van der Waals surface area contributed by atoms with E-state index in [1.54, 1.807) is 42.6 Å². The number of carboxylic acid groups (broad SMARTS) is 1. The van der Waals surface area contributed by atoms with Crippen molar-refractivity contribution < 1.29 is 23.8 Å². The molecule has 2 heterocycles. The zero-order valence-corrected chi connectivity index (χ0v) is 20.7. The molecule has 5 rings (SSSR count). The van der Waals surface area contributed by atoms with E-state index in [4.69, 9.17) is 31.1 Å². The van der Waals surface area contributed by atoms with E-state index in [1.807, 2.05) is 6.07 Å². The molecule has 1 aromatic heterocycles. The molecule has 186 valence electrons. The van der Waals surface area contributed by atoms with Crippen molar-refractivity contribution >= 4 is 23.3 Å². The van der Waals surface area contributed by atoms with Crippen LogP contribution in [0.15, 0.2) is 65.8 Å². The van der Waals surface area contributed by atoms with Gasteiger partial charge in [0.15, 0.2) is 0 Å². The number of hydrogen-bond donors (Lipinski definition) is 1. The molecule has 0 aliphatic carbocycles. The number of aliphatic imine (C=N–C) groups is 1. The third-order valence-corrected chi connectivity index (χ3v) is 6.34. The van der Waals surface area contributed by atoms with Gasteiger partial charge in [-0.2, -0.15) is 0 Å². The Morgan fingerprint density at radius 2 is 1.86 bits per heavy atom. The lowest BCUT2D eigenvalue weighted by molar-refractivity contribution is 0.0693. The molecule has 0 saturated carbocycles. The van der Waals surface area contributed by atoms with Crippen molar-refractivity contribution in [2.24, 2.45) is 4.99 Å². The van der Waals surface area contributed by atoms with Crippen LogP contribution in [0.4, 0.5) is 4.39 Å². The molecule has 0 amide bonds. The highest BCUT2D eigenvalue weighted by Gasteiger charge is 2.25. The van der Waals surface area contributed by atoms with Crippen LogP contribution in [-0.2, 0) is 13.0 Å². The van der Waals surface area contributed by atoms with Gasteiger partial charge in [0, 0.05) is 34.3 Å². The number of methoxy groups -OCH3 is 2. The van der Waals surface area contributed by atoms with Crippen LogP contribution in [0, 0.1) is 5.82 Å². The van der Waals surface area contributed by atoms with Crippen molar-refractivity contribution in [1.29, 1.82) is 0 Å². The molecule has 0 bridgehead atoms. The average molecular weight is 518 g/mol. The lowest BCUT2D eigenvalue weighted by Crippen LogP contribution is -2.09. The number of carboxylic acids is 1. The van der Waals surface area contributed by atoms with Gasteiger partial charge in [0.05, 0.1) is 37.7 Å². The van der Waals surface area contributed by atoms with E-state index in [2.05, 4.69) is 4.98 Å². The van der Waals surface area contributed by atoms with Crippen molar-refractivity contribution in [3.05, 3.63) is 105 Å². The standard InChI is InChI=1S/C28H21ClFN3O4/c1-36-22-5-3-4-21(30)25(22)27-20-12-17(29)7-9-18(20)26-16(14-32-27)13-31-24(33-26)11-15-6-8-19(28(34)35)23(10-15)37-2/h3-10,12-13H,11,14H2,1-2H3,(H,34,35). The topological polar surface area (TPSA) is 93.9 Å². The molecule has 0 unspecified atom stereocenters. The minimum atomic E-state index is -1.07. The Morgan fingerprint density at radius 1 is 1.05 bits per heavy atom. The van der Waals surface area contributed by atoms with Gasteiger partial charge in [0.2, 0.25) is 0 Å². The van der Waals surface area contributed by atoms with Crippen molar-refractivity contribution in [2.75, 3.05) is 14.2 Å². The fourth-order valence-electron chi connectivity index (χ4n) is 4.37. The largest absolute Gasteiger partial charge is 0.496 e. The zero-order chi connectivity index (χ0) is 26.1. The van der Waals surface area contributed by atoms with E-state index in [9.17, 15) is 9.90 Å². The summed E-state index contributed by atoms with van der Waals surface area (Å²) in [6.45, 7) is 0.232. The second kappa shape index (κ2) is 9.99. The van der Waals surface area contributed by atoms with Crippen molar-refractivity contribution in [2.45, 2.75) is 13.0 Å². The summed E-state index contributed by atoms with van der Waals surface area (Å²) >= 11 is 6.36. The predicted molar refractivity (Wildman–Crippen MR) is 138 cm³/mol. The molecular formula is C28H21ClFN3O4. The molecule has 9 heteroatoms. The maximum atomic E-state index is 15.1. The van der Waals surface area contributed by atoms with E-state index in [-0.39, 0.29) is 23.4 Å². The Morgan fingerprint density at radius 3 is 2.62 bits per heavy atom. The first-order valence-electron chi connectivity index (χ1n) is 11.3. The molecule has 37 heavy (non-hydrogen) atoms. The number of aromatic nitrogens is 2. The number of halogens is 2. The maximum Gasteiger partial charge on any atom is 0.339 e. The van der Waals surface area contributed by atoms with Crippen LogP contribution in [-0.4, -0.2) is 41.0 Å². The third-order valence-electron chi connectivity index (χ3n) is 6.10. The Labute approximate surface area is 217 Å². The average Bonchev–Trinajstić information content (AvgIpc) is 3.04. The number of fused-ring (bicyclic) bond motifs is 3. The van der Waals surface area contributed by atoms with E-state index >= 15 is 4.39 Å². The lowest BCUT2D eigenvalue weighted by Gasteiger charge is -2.15. The molecule has 7 nitrogen and oxygen atoms in total. The SMILES string of the molecule is COc1cc(Cc2ncc3c(n2)-c2ccc(Cl)cc2C(c2c(F)cccc2OC)=NC3)ccc1C(=O)O. The number of benzene rings is 3. The summed E-state index contributed by atoms with van der Waals surface area (Å²) < 4.78 is 25.7. The molecule has 0 spiro atoms. The molecule has 0 saturated heterocycles. The van der Waals surface area contributed by atoms with Gasteiger partial charge in [-0.15, -0.1) is 0 Å². The van der Waals surface area contributed by atoms with Crippen LogP contribution in [0.5, 0.6) is 11.5 Å². The summed E-state index contributed by atoms with van der Waals surface area (Å²) in [6.07, 6.45) is 2.06. The normalized spacial score (nSPS) is 12.2. The minimum Gasteiger partial charge on any atom is -0.496 e. The smallest absolute Gasteiger partial charge is 0.339 e. The Balaban J connectivity index is 1.60. The van der Waals surface area contributed by atoms with Crippen molar-refractivity contribution in [3.8, 4) is 22.8 Å². The number of carbonyl (C=O) groups is 1. The first-order chi connectivity index (χ1) is 17.9. The van der Waals surface area contributed by atoms with Gasteiger partial charge in [-0.25, -0.2) is 19.2 Å². The summed E-state index contributed by atoms with van der Waals surface area (Å²) in [7, 11) is 2.91. The summed E-state index contributed by atoms with van der Waals surface area (Å²) in [5, 5.41) is 9.82. The Bertz CT molecular complexity index is 1570. The van der Waals surface area contributed by atoms with E-state index < -0.39 is 11.8 Å². The summed E-state index contributed by atoms with van der Waals surface area (Å²) in [5.41, 5.74) is 4.35. The monoisotopic (exact) mass is 517 g/mol. The third kappa shape index (κ3) is 4.63. The highest BCUT2D eigenvalue weighted by atomic mass is 35.5. The quantitative estimate of drug-likeness (QED) is 0.358. The molecule has 4 aromatic rings. The summed E-state index contributed by atoms with van der Waals surface area (Å²) in [4.78, 5) is 25.5. The first-order valence-corrected chi connectivity index (χ1v) is 11.7. The highest BCUT2D eigenvalue weighted by Crippen LogP contribution is 2.36. The second-order valence-corrected chi connectivity index (χ2v) is 8.78. The molecule has 0 atom stereocenters. The number of aromatic carboxylic acids is 1. The van der Waals surface area contributed by atoms with E-state index in [0.29, 0.717) is 40.0 Å². The molecule has 1 aliphatic heterocycles. The fraction of sp³-hybridized carbons (Fsp3) is 0.143. The van der Waals surface area contributed by atoms with Gasteiger partial charge < -0.3 is 14.6 Å². The van der Waals surface area contributed by atoms with E-state index in [0.717, 1.165) is 16.7 Å². The molecule has 0 fully saturated rings. The van der Waals surface area contributed by atoms with Gasteiger partial charge in [-0.1, -0.05) is 29.8 Å². The number of hydrogen-bond acceptors (Lipinski definition) is 6. The summed E-state index contributed by atoms with van der Waals surface area (Å²) in [6, 6.07) is 14.8. The predicted octanol–water partition coefficient (Wildman–Crippen LogP) is 5.59. The molecular weight excluding hydrogens is 497 g/mol. The number of nitrogens with zero attached hydrogens (tertiary/aromatic N) is 3. The lowest BCUT2D eigenvalue weighted by atomic mass is 9.94. The number of rotatable bonds is 6. The Kier molecular flexibility index (Phi) is 6.58. The van der Waals surface area contributed by atoms with Gasteiger partial charge in [0.25, 0.3) is 0 Å². The zero-order valence-electron chi connectivity index (χ0n) is 20.0. The minimum absolute atomic E-state index is 0.0770. The van der Waals surface area contributed by atoms with Crippen LogP contribution < -0.4 is 9.47 Å². The van der Waals surface area contributed by atoms with Crippen molar-refractivity contribution in [3.63, 3.8) is 0 Å². The molecule has 1 N–H and O–H groups in total. The highest BCUT2D eigenvalue weighted by molar-refractivity contribution is 6.31. The van der Waals surface area contributed by atoms with Crippen LogP contribution in [0.2, 0.25) is 5.02 Å².